The average molecular weight is 1860 g/mol. The zero-order valence-corrected chi connectivity index (χ0v) is 87.4. The molecule has 0 N–H and O–H groups in total. The van der Waals surface area contributed by atoms with Crippen LogP contribution in [-0.4, -0.2) is 24.9 Å². The molecule has 0 unspecified atom stereocenters. The molecule has 0 radical (unpaired) electrons. The second-order valence-electron chi connectivity index (χ2n) is 40.1. The van der Waals surface area contributed by atoms with Gasteiger partial charge in [0.1, 0.15) is 35.2 Å². The van der Waals surface area contributed by atoms with Crippen LogP contribution in [0.1, 0.15) is 274 Å². The van der Waals surface area contributed by atoms with Crippen LogP contribution in [0.15, 0.2) is 211 Å². The molecular formula is C124H143N10O5+5. The second-order valence-corrected chi connectivity index (χ2v) is 40.1. The Hall–Kier alpha value is -13.4. The molecule has 0 aliphatic carbocycles. The van der Waals surface area contributed by atoms with Crippen molar-refractivity contribution >= 4 is 110 Å². The van der Waals surface area contributed by atoms with Crippen LogP contribution < -0.4 is 22.8 Å². The van der Waals surface area contributed by atoms with E-state index in [1.165, 1.54) is 50.3 Å². The lowest BCUT2D eigenvalue weighted by Crippen LogP contribution is -2.32. The summed E-state index contributed by atoms with van der Waals surface area (Å²) in [5.74, 6) is -2.42. The highest BCUT2D eigenvalue weighted by atomic mass is 16.4. The first kappa shape index (κ1) is 89.5. The highest BCUT2D eigenvalue weighted by Crippen LogP contribution is 2.45. The van der Waals surface area contributed by atoms with E-state index in [9.17, 15) is 0 Å². The summed E-state index contributed by atoms with van der Waals surface area (Å²) in [7, 11) is 10.2. The number of rotatable bonds is 17. The molecule has 0 saturated heterocycles. The lowest BCUT2D eigenvalue weighted by molar-refractivity contribution is -0.661. The Morgan fingerprint density at radius 3 is 0.978 bits per heavy atom. The number of aryl methyl sites for hydroxylation is 18. The predicted octanol–water partition coefficient (Wildman–Crippen LogP) is 30.9. The number of benzene rings is 5. The fraction of sp³-hybridized carbons (Fsp3) is 0.355. The van der Waals surface area contributed by atoms with E-state index in [0.29, 0.717) is 52.9 Å². The molecule has 15 heterocycles. The predicted molar refractivity (Wildman–Crippen MR) is 574 cm³/mol. The number of aromatic nitrogens is 10. The molecule has 0 fully saturated rings. The number of fused-ring (bicyclic) bond motifs is 15. The van der Waals surface area contributed by atoms with Crippen molar-refractivity contribution in [3.05, 3.63) is 295 Å². The van der Waals surface area contributed by atoms with Gasteiger partial charge in [0.05, 0.1) is 27.8 Å². The number of furan rings is 5. The van der Waals surface area contributed by atoms with Crippen molar-refractivity contribution in [1.82, 2.24) is 24.9 Å². The summed E-state index contributed by atoms with van der Waals surface area (Å²) >= 11 is 0. The Kier molecular flexibility index (Phi) is 25.9. The maximum absolute atomic E-state index is 9.04. The Balaban J connectivity index is 0.000000131. The van der Waals surface area contributed by atoms with Crippen LogP contribution in [0.25, 0.3) is 167 Å². The molecule has 0 bridgehead atoms. The summed E-state index contributed by atoms with van der Waals surface area (Å²) in [5, 5.41) is 10.4. The van der Waals surface area contributed by atoms with Crippen LogP contribution in [0.5, 0.6) is 0 Å². The standard InChI is InChI=1S/4C25H29N2O.C24H27N2O/c1-15-8-10-19-20-11-9-17(3)26-24(20)28-23(19)22(15)21-12-16(2)18(14-27(21)7)13-25(4,5)6;1-14(2)20-13-27(7)22(12-17(20)6)23-16(5)8-9-18-19-10-11-21(15(3)4)26-25(19)28-24(18)23;2*1-7-18(8-2)21-13-22(27(6)14-16(21)4)23-15(3)9-11-19-20-12-10-17(5)26-25(20)28-24(19)23;1-6-17(7-2)18-12-13-26(5)21(14-18)22-15(3)8-10-19-20-11-9-16(4)25-24(20)27-23(19)22/h8-12,14H,13H2,1-7H3;8-15H,1-7H3;2*9-14,18H,7-8H2,1-6H3;8-14,17H,6-7H2,1-5H3/q5*+1/i;14D,15D;4D3,18D;;17D. The normalized spacial score (nSPS) is 13.1. The van der Waals surface area contributed by atoms with Gasteiger partial charge < -0.3 is 22.1 Å². The quantitative estimate of drug-likeness (QED) is 0.0806. The van der Waals surface area contributed by atoms with Crippen LogP contribution in [-0.2, 0) is 41.7 Å². The minimum Gasteiger partial charge on any atom is -0.437 e. The van der Waals surface area contributed by atoms with E-state index in [1.54, 1.807) is 6.20 Å². The molecule has 0 amide bonds. The Labute approximate surface area is 831 Å². The van der Waals surface area contributed by atoms with Crippen LogP contribution >= 0.6 is 0 Å². The van der Waals surface area contributed by atoms with Gasteiger partial charge in [-0.25, -0.2) is 47.8 Å². The van der Waals surface area contributed by atoms with Gasteiger partial charge in [0.15, 0.2) is 58.9 Å². The minimum atomic E-state index is -2.30. The fourth-order valence-corrected chi connectivity index (χ4v) is 20.4. The van der Waals surface area contributed by atoms with Gasteiger partial charge in [0, 0.05) is 151 Å². The molecule has 20 rings (SSSR count). The smallest absolute Gasteiger partial charge is 0.227 e. The lowest BCUT2D eigenvalue weighted by atomic mass is 9.86. The molecule has 20 aromatic rings. The van der Waals surface area contributed by atoms with E-state index in [0.717, 1.165) is 215 Å². The van der Waals surface area contributed by atoms with Crippen molar-refractivity contribution in [2.24, 2.45) is 40.7 Å². The largest absolute Gasteiger partial charge is 0.437 e. The van der Waals surface area contributed by atoms with Crippen LogP contribution in [0.3, 0.4) is 0 Å². The summed E-state index contributed by atoms with van der Waals surface area (Å²) in [6.45, 7) is 49.6. The van der Waals surface area contributed by atoms with E-state index in [-0.39, 0.29) is 11.0 Å². The molecule has 0 spiro atoms. The van der Waals surface area contributed by atoms with Gasteiger partial charge in [0.2, 0.25) is 57.0 Å². The SMILES string of the molecule is CCC(CC)c1cc(-c2c(C)ccc3c2oc2nc(C)ccc23)[n+](C)cc1C.Cc1ccc2c(n1)oc1c(-c3cc(C)c(CC(C)(C)C)c[n+]3C)c(C)ccc12.[2H]C(C)(C)c1ccc2c(n1)oc1c(-c3cc(C)c(C([2H])(C)C)c[n+]3C)c(C)ccc12.[2H]C(CC)(CC)c1cc[n+](C)c(-c2c(C)ccc3c2oc2nc(C)ccc23)c1.[2H]C([2H])([2H])c1c[n+](C)c(-c2c(C)ccc3c2oc2nc(C)ccc23)cc1C([2H])(CC)CC. The number of pyridine rings is 10. The van der Waals surface area contributed by atoms with Crippen LogP contribution in [0.4, 0.5) is 0 Å². The first-order valence-electron chi connectivity index (χ1n) is 52.9. The number of hydrogen-bond donors (Lipinski definition) is 0. The van der Waals surface area contributed by atoms with Gasteiger partial charge in [-0.15, -0.1) is 0 Å². The summed E-state index contributed by atoms with van der Waals surface area (Å²) in [6.07, 6.45) is 16.3. The van der Waals surface area contributed by atoms with Crippen LogP contribution in [0, 0.1) is 95.4 Å². The number of hydrogen-bond acceptors (Lipinski definition) is 10. The van der Waals surface area contributed by atoms with Crippen molar-refractivity contribution in [3.63, 3.8) is 0 Å². The molecule has 0 saturated carbocycles. The third kappa shape index (κ3) is 19.4. The summed E-state index contributed by atoms with van der Waals surface area (Å²) in [4.78, 5) is 23.0. The highest BCUT2D eigenvalue weighted by Gasteiger charge is 2.32. The van der Waals surface area contributed by atoms with Crippen molar-refractivity contribution in [3.8, 4) is 56.3 Å². The van der Waals surface area contributed by atoms with E-state index in [1.807, 2.05) is 156 Å². The van der Waals surface area contributed by atoms with Crippen molar-refractivity contribution in [2.75, 3.05) is 0 Å². The molecule has 714 valence electrons. The van der Waals surface area contributed by atoms with Gasteiger partial charge in [-0.05, 0) is 286 Å². The number of nitrogens with zero attached hydrogens (tertiary/aromatic N) is 10. The zero-order valence-electron chi connectivity index (χ0n) is 94.4. The Morgan fingerprint density at radius 2 is 0.626 bits per heavy atom. The van der Waals surface area contributed by atoms with Gasteiger partial charge >= 0.3 is 0 Å². The van der Waals surface area contributed by atoms with Crippen molar-refractivity contribution in [2.45, 2.75) is 254 Å². The molecule has 15 heteroatoms. The van der Waals surface area contributed by atoms with Crippen molar-refractivity contribution < 1.29 is 54.5 Å². The van der Waals surface area contributed by atoms with E-state index < -0.39 is 30.4 Å². The monoisotopic (exact) mass is 1860 g/mol. The topological polar surface area (TPSA) is 150 Å². The maximum Gasteiger partial charge on any atom is 0.227 e. The molecule has 15 aromatic heterocycles. The maximum atomic E-state index is 9.04. The third-order valence-corrected chi connectivity index (χ3v) is 28.1. The van der Waals surface area contributed by atoms with Crippen molar-refractivity contribution in [1.29, 1.82) is 0 Å². The Bertz CT molecular complexity index is 8490. The molecule has 0 aliphatic heterocycles. The minimum absolute atomic E-state index is 0.231. The third-order valence-electron chi connectivity index (χ3n) is 28.1. The molecule has 15 nitrogen and oxygen atoms in total. The molecule has 0 aliphatic rings. The van der Waals surface area contributed by atoms with Gasteiger partial charge in [-0.3, -0.25) is 0 Å². The van der Waals surface area contributed by atoms with E-state index in [4.69, 9.17) is 31.7 Å². The highest BCUT2D eigenvalue weighted by molar-refractivity contribution is 6.13. The zero-order chi connectivity index (χ0) is 106. The molecule has 139 heavy (non-hydrogen) atoms. The first-order valence-corrected chi connectivity index (χ1v) is 49.4. The Morgan fingerprint density at radius 1 is 0.302 bits per heavy atom. The summed E-state index contributed by atoms with van der Waals surface area (Å²) in [5.41, 5.74) is 38.1. The van der Waals surface area contributed by atoms with Gasteiger partial charge in [-0.1, -0.05) is 151 Å². The second kappa shape index (κ2) is 40.2. The lowest BCUT2D eigenvalue weighted by Gasteiger charge is -2.19. The van der Waals surface area contributed by atoms with Gasteiger partial charge in [-0.2, -0.15) is 0 Å². The average Bonchev–Trinajstić information content (AvgIpc) is 1.43. The summed E-state index contributed by atoms with van der Waals surface area (Å²) in [6, 6.07) is 54.5. The van der Waals surface area contributed by atoms with Crippen LogP contribution in [0.2, 0.25) is 0 Å². The fourth-order valence-electron chi connectivity index (χ4n) is 20.4. The molecular weight excluding hydrogens is 1710 g/mol. The molecule has 0 atom stereocenters. The first-order chi connectivity index (χ1) is 68.8. The summed E-state index contributed by atoms with van der Waals surface area (Å²) < 4.78 is 101. The van der Waals surface area contributed by atoms with Gasteiger partial charge in [0.25, 0.3) is 0 Å². The molecule has 5 aromatic carbocycles. The van der Waals surface area contributed by atoms with E-state index >= 15 is 0 Å². The van der Waals surface area contributed by atoms with E-state index in [2.05, 4.69) is 282 Å².